The van der Waals surface area contributed by atoms with Crippen molar-refractivity contribution in [3.63, 3.8) is 0 Å². The van der Waals surface area contributed by atoms with E-state index in [-0.39, 0.29) is 12.0 Å². The lowest BCUT2D eigenvalue weighted by atomic mass is 9.88. The predicted molar refractivity (Wildman–Crippen MR) is 59.7 cm³/mol. The molecule has 0 aromatic heterocycles. The number of nitrogens with one attached hydrogen (secondary N) is 1. The molecule has 1 N–H and O–H groups in total. The monoisotopic (exact) mass is 228 g/mol. The van der Waals surface area contributed by atoms with Gasteiger partial charge in [-0.3, -0.25) is 4.79 Å². The average molecular weight is 228 g/mol. The van der Waals surface area contributed by atoms with Gasteiger partial charge < -0.3 is 14.8 Å². The van der Waals surface area contributed by atoms with Crippen molar-refractivity contribution in [2.75, 3.05) is 27.4 Å². The second-order valence-corrected chi connectivity index (χ2v) is 3.82. The Morgan fingerprint density at radius 3 is 2.56 bits per heavy atom. The molecule has 2 unspecified atom stereocenters. The van der Waals surface area contributed by atoms with Crippen molar-refractivity contribution in [1.82, 2.24) is 5.32 Å². The minimum Gasteiger partial charge on any atom is -0.382 e. The summed E-state index contributed by atoms with van der Waals surface area (Å²) in [7, 11) is 3.12. The molecule has 92 valence electrons. The van der Waals surface area contributed by atoms with Gasteiger partial charge in [-0.05, 0) is 13.3 Å². The van der Waals surface area contributed by atoms with Crippen LogP contribution in [-0.2, 0) is 14.3 Å². The first-order chi connectivity index (χ1) is 7.53. The van der Waals surface area contributed by atoms with E-state index in [1.807, 2.05) is 13.0 Å². The topological polar surface area (TPSA) is 71.4 Å². The minimum absolute atomic E-state index is 0.186. The maximum atomic E-state index is 11.7. The number of nitriles is 1. The Bertz CT molecular complexity index is 262. The molecule has 0 aliphatic rings. The summed E-state index contributed by atoms with van der Waals surface area (Å²) in [6, 6.07) is 2.02. The summed E-state index contributed by atoms with van der Waals surface area (Å²) in [5.41, 5.74) is -0.967. The summed E-state index contributed by atoms with van der Waals surface area (Å²) in [5.74, 6) is -0.268. The van der Waals surface area contributed by atoms with Crippen molar-refractivity contribution in [2.45, 2.75) is 26.4 Å². The van der Waals surface area contributed by atoms with Crippen LogP contribution in [0.4, 0.5) is 0 Å². The Morgan fingerprint density at radius 2 is 2.19 bits per heavy atom. The molecule has 1 amide bonds. The second kappa shape index (κ2) is 7.20. The number of hydrogen-bond acceptors (Lipinski definition) is 4. The number of carbonyl (C=O) groups is 1. The van der Waals surface area contributed by atoms with Gasteiger partial charge in [0.2, 0.25) is 5.91 Å². The summed E-state index contributed by atoms with van der Waals surface area (Å²) >= 11 is 0. The van der Waals surface area contributed by atoms with Crippen molar-refractivity contribution >= 4 is 5.91 Å². The Morgan fingerprint density at radius 1 is 1.56 bits per heavy atom. The molecule has 0 aliphatic carbocycles. The van der Waals surface area contributed by atoms with Crippen LogP contribution < -0.4 is 5.32 Å². The zero-order valence-electron chi connectivity index (χ0n) is 10.4. The van der Waals surface area contributed by atoms with E-state index < -0.39 is 5.41 Å². The van der Waals surface area contributed by atoms with Crippen molar-refractivity contribution in [3.05, 3.63) is 0 Å². The Hall–Kier alpha value is -1.12. The fourth-order valence-electron chi connectivity index (χ4n) is 1.09. The molecule has 0 aromatic carbocycles. The van der Waals surface area contributed by atoms with Gasteiger partial charge in [0.1, 0.15) is 5.41 Å². The van der Waals surface area contributed by atoms with E-state index in [0.717, 1.165) is 0 Å². The molecule has 0 rings (SSSR count). The smallest absolute Gasteiger partial charge is 0.240 e. The number of rotatable bonds is 7. The largest absolute Gasteiger partial charge is 0.382 e. The van der Waals surface area contributed by atoms with E-state index in [0.29, 0.717) is 19.6 Å². The summed E-state index contributed by atoms with van der Waals surface area (Å²) in [6.45, 7) is 4.19. The van der Waals surface area contributed by atoms with E-state index in [1.54, 1.807) is 21.1 Å². The molecular formula is C11H20N2O3. The fourth-order valence-corrected chi connectivity index (χ4v) is 1.09. The van der Waals surface area contributed by atoms with Crippen LogP contribution in [-0.4, -0.2) is 39.4 Å². The SMILES string of the molecule is CCC(C)(C#N)C(=O)NCC(COC)OC. The van der Waals surface area contributed by atoms with E-state index in [2.05, 4.69) is 5.32 Å². The highest BCUT2D eigenvalue weighted by Crippen LogP contribution is 2.19. The van der Waals surface area contributed by atoms with Gasteiger partial charge in [-0.25, -0.2) is 0 Å². The number of methoxy groups -OCH3 is 2. The summed E-state index contributed by atoms with van der Waals surface area (Å²) in [6.07, 6.45) is 0.297. The van der Waals surface area contributed by atoms with Gasteiger partial charge >= 0.3 is 0 Å². The molecule has 0 spiro atoms. The molecule has 0 fully saturated rings. The van der Waals surface area contributed by atoms with Gasteiger partial charge in [-0.2, -0.15) is 5.26 Å². The van der Waals surface area contributed by atoms with Crippen molar-refractivity contribution in [1.29, 1.82) is 5.26 Å². The molecule has 0 saturated carbocycles. The lowest BCUT2D eigenvalue weighted by Crippen LogP contribution is -2.42. The first-order valence-electron chi connectivity index (χ1n) is 5.25. The molecule has 5 heteroatoms. The molecule has 0 bridgehead atoms. The van der Waals surface area contributed by atoms with Crippen LogP contribution in [0.3, 0.4) is 0 Å². The average Bonchev–Trinajstić information content (AvgIpc) is 2.32. The maximum absolute atomic E-state index is 11.7. The Labute approximate surface area is 96.7 Å². The number of ether oxygens (including phenoxy) is 2. The first kappa shape index (κ1) is 14.9. The lowest BCUT2D eigenvalue weighted by Gasteiger charge is -2.21. The predicted octanol–water partition coefficient (Wildman–Crippen LogP) is 0.704. The van der Waals surface area contributed by atoms with Crippen LogP contribution in [0.15, 0.2) is 0 Å². The van der Waals surface area contributed by atoms with Crippen LogP contribution in [0.2, 0.25) is 0 Å². The molecular weight excluding hydrogens is 208 g/mol. The summed E-state index contributed by atoms with van der Waals surface area (Å²) < 4.78 is 10.0. The molecule has 0 radical (unpaired) electrons. The van der Waals surface area contributed by atoms with E-state index in [9.17, 15) is 4.79 Å². The number of nitrogens with zero attached hydrogens (tertiary/aromatic N) is 1. The van der Waals surface area contributed by atoms with Crippen LogP contribution >= 0.6 is 0 Å². The maximum Gasteiger partial charge on any atom is 0.240 e. The Balaban J connectivity index is 4.20. The highest BCUT2D eigenvalue weighted by molar-refractivity contribution is 5.84. The minimum atomic E-state index is -0.967. The van der Waals surface area contributed by atoms with Gasteiger partial charge in [0, 0.05) is 20.8 Å². The molecule has 0 heterocycles. The number of amides is 1. The van der Waals surface area contributed by atoms with E-state index in [4.69, 9.17) is 14.7 Å². The van der Waals surface area contributed by atoms with Crippen molar-refractivity contribution in [2.24, 2.45) is 5.41 Å². The number of hydrogen-bond donors (Lipinski definition) is 1. The van der Waals surface area contributed by atoms with Crippen LogP contribution in [0.5, 0.6) is 0 Å². The fraction of sp³-hybridized carbons (Fsp3) is 0.818. The standard InChI is InChI=1S/C11H20N2O3/c1-5-11(2,8-12)10(14)13-6-9(16-4)7-15-3/h9H,5-7H2,1-4H3,(H,13,14). The Kier molecular flexibility index (Phi) is 6.70. The van der Waals surface area contributed by atoms with Gasteiger partial charge in [0.05, 0.1) is 18.8 Å². The van der Waals surface area contributed by atoms with Crippen LogP contribution in [0, 0.1) is 16.7 Å². The van der Waals surface area contributed by atoms with Gasteiger partial charge in [0.15, 0.2) is 0 Å². The third-order valence-electron chi connectivity index (χ3n) is 2.63. The molecule has 2 atom stereocenters. The lowest BCUT2D eigenvalue weighted by molar-refractivity contribution is -0.128. The van der Waals surface area contributed by atoms with Gasteiger partial charge in [-0.1, -0.05) is 6.92 Å². The zero-order valence-corrected chi connectivity index (χ0v) is 10.4. The van der Waals surface area contributed by atoms with Crippen molar-refractivity contribution < 1.29 is 14.3 Å². The molecule has 0 saturated heterocycles. The second-order valence-electron chi connectivity index (χ2n) is 3.82. The highest BCUT2D eigenvalue weighted by atomic mass is 16.5. The van der Waals surface area contributed by atoms with Crippen molar-refractivity contribution in [3.8, 4) is 6.07 Å². The normalized spacial score (nSPS) is 15.9. The molecule has 0 aliphatic heterocycles. The summed E-state index contributed by atoms with van der Waals surface area (Å²) in [4.78, 5) is 11.7. The molecule has 5 nitrogen and oxygen atoms in total. The van der Waals surface area contributed by atoms with E-state index >= 15 is 0 Å². The van der Waals surface area contributed by atoms with Crippen LogP contribution in [0.1, 0.15) is 20.3 Å². The first-order valence-corrected chi connectivity index (χ1v) is 5.25. The third-order valence-corrected chi connectivity index (χ3v) is 2.63. The molecule has 0 aromatic rings. The zero-order chi connectivity index (χ0) is 12.6. The molecule has 16 heavy (non-hydrogen) atoms. The highest BCUT2D eigenvalue weighted by Gasteiger charge is 2.31. The van der Waals surface area contributed by atoms with Crippen LogP contribution in [0.25, 0.3) is 0 Å². The van der Waals surface area contributed by atoms with Gasteiger partial charge in [-0.15, -0.1) is 0 Å². The van der Waals surface area contributed by atoms with E-state index in [1.165, 1.54) is 0 Å². The third kappa shape index (κ3) is 4.17. The number of carbonyl (C=O) groups excluding carboxylic acids is 1. The summed E-state index contributed by atoms with van der Waals surface area (Å²) in [5, 5.41) is 11.6. The quantitative estimate of drug-likeness (QED) is 0.696. The van der Waals surface area contributed by atoms with Gasteiger partial charge in [0.25, 0.3) is 0 Å².